The Balaban J connectivity index is 0.000000396. The summed E-state index contributed by atoms with van der Waals surface area (Å²) in [5, 5.41) is 2.55. The zero-order chi connectivity index (χ0) is 30.0. The van der Waals surface area contributed by atoms with E-state index in [0.29, 0.717) is 5.92 Å². The second-order valence-corrected chi connectivity index (χ2v) is 12.2. The first-order valence-corrected chi connectivity index (χ1v) is 15.8. The summed E-state index contributed by atoms with van der Waals surface area (Å²) in [6.07, 6.45) is 18.3. The highest BCUT2D eigenvalue weighted by atomic mass is 15.2. The van der Waals surface area contributed by atoms with Crippen molar-refractivity contribution in [3.63, 3.8) is 0 Å². The quantitative estimate of drug-likeness (QED) is 0.209. The fraction of sp³-hybridized carbons (Fsp3) is 0.163. The molecule has 0 aromatic heterocycles. The molecule has 1 nitrogen and oxygen atoms in total. The van der Waals surface area contributed by atoms with Gasteiger partial charge < -0.3 is 4.90 Å². The van der Waals surface area contributed by atoms with Crippen LogP contribution in [0.2, 0.25) is 0 Å². The maximum Gasteiger partial charge on any atom is 0.0629 e. The summed E-state index contributed by atoms with van der Waals surface area (Å²) in [5.74, 6) is 0.328. The van der Waals surface area contributed by atoms with E-state index in [0.717, 1.165) is 0 Å². The van der Waals surface area contributed by atoms with E-state index >= 15 is 0 Å². The second kappa shape index (κ2) is 12.0. The first-order chi connectivity index (χ1) is 21.6. The minimum absolute atomic E-state index is 0.274. The summed E-state index contributed by atoms with van der Waals surface area (Å²) in [7, 11) is 0. The molecule has 1 heteroatoms. The molecule has 1 aliphatic heterocycles. The van der Waals surface area contributed by atoms with Gasteiger partial charge in [-0.2, -0.15) is 0 Å². The lowest BCUT2D eigenvalue weighted by Crippen LogP contribution is -2.28. The predicted molar refractivity (Wildman–Crippen MR) is 190 cm³/mol. The van der Waals surface area contributed by atoms with Crippen molar-refractivity contribution in [3.8, 4) is 22.3 Å². The van der Waals surface area contributed by atoms with Crippen molar-refractivity contribution in [1.82, 2.24) is 0 Å². The molecular formula is C43H39N. The van der Waals surface area contributed by atoms with Crippen molar-refractivity contribution in [1.29, 1.82) is 0 Å². The molecule has 0 N–H and O–H groups in total. The highest BCUT2D eigenvalue weighted by Crippen LogP contribution is 2.52. The Kier molecular flexibility index (Phi) is 7.62. The molecule has 2 atom stereocenters. The van der Waals surface area contributed by atoms with Crippen molar-refractivity contribution in [2.24, 2.45) is 0 Å². The molecule has 0 amide bonds. The Morgan fingerprint density at radius 1 is 0.636 bits per heavy atom. The molecule has 8 rings (SSSR count). The third kappa shape index (κ3) is 5.24. The molecule has 0 spiro atoms. The summed E-state index contributed by atoms with van der Waals surface area (Å²) >= 11 is 0. The largest absolute Gasteiger partial charge is 0.333 e. The third-order valence-corrected chi connectivity index (χ3v) is 9.25. The van der Waals surface area contributed by atoms with Gasteiger partial charge in [-0.3, -0.25) is 0 Å². The van der Waals surface area contributed by atoms with Crippen LogP contribution in [0.15, 0.2) is 151 Å². The Labute approximate surface area is 262 Å². The molecule has 1 heterocycles. The van der Waals surface area contributed by atoms with Crippen molar-refractivity contribution in [3.05, 3.63) is 168 Å². The van der Waals surface area contributed by atoms with Crippen LogP contribution in [0, 0.1) is 13.8 Å². The summed E-state index contributed by atoms with van der Waals surface area (Å²) in [6, 6.07) is 38.1. The minimum atomic E-state index is 0.274. The molecule has 2 aliphatic carbocycles. The van der Waals surface area contributed by atoms with Crippen molar-refractivity contribution in [2.45, 2.75) is 45.6 Å². The zero-order valence-electron chi connectivity index (χ0n) is 25.9. The Morgan fingerprint density at radius 2 is 1.39 bits per heavy atom. The number of hydrogen-bond donors (Lipinski definition) is 0. The number of benzene rings is 5. The van der Waals surface area contributed by atoms with Crippen molar-refractivity contribution < 1.29 is 0 Å². The first-order valence-electron chi connectivity index (χ1n) is 15.8. The highest BCUT2D eigenvalue weighted by molar-refractivity contribution is 5.89. The fourth-order valence-corrected chi connectivity index (χ4v) is 6.98. The molecule has 0 saturated carbocycles. The number of anilines is 2. The summed E-state index contributed by atoms with van der Waals surface area (Å²) in [4.78, 5) is 2.53. The number of rotatable bonds is 3. The predicted octanol–water partition coefficient (Wildman–Crippen LogP) is 11.8. The smallest absolute Gasteiger partial charge is 0.0629 e. The molecule has 2 unspecified atom stereocenters. The third-order valence-electron chi connectivity index (χ3n) is 9.25. The van der Waals surface area contributed by atoms with Gasteiger partial charge in [0.05, 0.1) is 6.04 Å². The first kappa shape index (κ1) is 27.9. The summed E-state index contributed by atoms with van der Waals surface area (Å²) in [6.45, 7) is 6.61. The molecule has 0 radical (unpaired) electrons. The van der Waals surface area contributed by atoms with E-state index in [1.807, 2.05) is 0 Å². The van der Waals surface area contributed by atoms with Crippen LogP contribution in [-0.4, -0.2) is 6.04 Å². The van der Waals surface area contributed by atoms with Gasteiger partial charge in [-0.25, -0.2) is 0 Å². The molecule has 0 saturated heterocycles. The molecule has 0 bridgehead atoms. The van der Waals surface area contributed by atoms with Crippen LogP contribution in [-0.2, 0) is 0 Å². The average molecular weight is 570 g/mol. The maximum absolute atomic E-state index is 2.53. The lowest BCUT2D eigenvalue weighted by molar-refractivity contribution is 0.745. The normalized spacial score (nSPS) is 18.0. The van der Waals surface area contributed by atoms with Gasteiger partial charge >= 0.3 is 0 Å². The van der Waals surface area contributed by atoms with E-state index in [1.54, 1.807) is 0 Å². The molecule has 5 aromatic carbocycles. The van der Waals surface area contributed by atoms with Gasteiger partial charge in [0.15, 0.2) is 0 Å². The van der Waals surface area contributed by atoms with Crippen LogP contribution < -0.4 is 4.90 Å². The number of fused-ring (bicyclic) bond motifs is 4. The van der Waals surface area contributed by atoms with Crippen molar-refractivity contribution in [2.75, 3.05) is 4.90 Å². The fourth-order valence-electron chi connectivity index (χ4n) is 6.98. The molecular weight excluding hydrogens is 530 g/mol. The van der Waals surface area contributed by atoms with Crippen LogP contribution in [0.4, 0.5) is 11.4 Å². The molecule has 44 heavy (non-hydrogen) atoms. The summed E-state index contributed by atoms with van der Waals surface area (Å²) in [5.41, 5.74) is 13.3. The van der Waals surface area contributed by atoms with Gasteiger partial charge in [-0.05, 0) is 108 Å². The van der Waals surface area contributed by atoms with Crippen LogP contribution in [0.1, 0.15) is 42.4 Å². The van der Waals surface area contributed by atoms with Crippen LogP contribution in [0.3, 0.4) is 0 Å². The molecule has 0 fully saturated rings. The van der Waals surface area contributed by atoms with Gasteiger partial charge in [-0.1, -0.05) is 127 Å². The number of hydrogen-bond acceptors (Lipinski definition) is 1. The summed E-state index contributed by atoms with van der Waals surface area (Å²) < 4.78 is 0. The molecule has 216 valence electrons. The molecule has 5 aromatic rings. The zero-order valence-corrected chi connectivity index (χ0v) is 25.9. The van der Waals surface area contributed by atoms with Gasteiger partial charge in [0.1, 0.15) is 0 Å². The van der Waals surface area contributed by atoms with Gasteiger partial charge in [0.25, 0.3) is 0 Å². The molecule has 3 aliphatic rings. The van der Waals surface area contributed by atoms with E-state index in [4.69, 9.17) is 0 Å². The lowest BCUT2D eigenvalue weighted by atomic mass is 9.83. The van der Waals surface area contributed by atoms with Gasteiger partial charge in [0.2, 0.25) is 0 Å². The highest BCUT2D eigenvalue weighted by Gasteiger charge is 2.39. The second-order valence-electron chi connectivity index (χ2n) is 12.2. The standard InChI is InChI=1S/C36H29N.C7H10/c1-24-9-3-6-12-31(24)35-25(2)15-22-34-36(35)32-13-7-8-14-33(32)37(34)30-20-18-27(19-21-30)29-17-16-26-10-4-5-11-28(26)23-29;1-7-5-3-2-4-6-7/h3-23,32-33H,1-2H3;3,5-6H,2,4H2,1H3. The van der Waals surface area contributed by atoms with E-state index in [9.17, 15) is 0 Å². The van der Waals surface area contributed by atoms with E-state index in [-0.39, 0.29) is 6.04 Å². The average Bonchev–Trinajstić information content (AvgIpc) is 3.40. The SMILES string of the molecule is CC1=CCCC=C1.Cc1ccccc1-c1c(C)ccc2c1C1C=CC=CC1N2c1ccc(-c2ccc3ccccc3c2)cc1. The topological polar surface area (TPSA) is 3.24 Å². The van der Waals surface area contributed by atoms with Gasteiger partial charge in [-0.15, -0.1) is 0 Å². The van der Waals surface area contributed by atoms with Gasteiger partial charge in [0, 0.05) is 17.3 Å². The van der Waals surface area contributed by atoms with Crippen LogP contribution >= 0.6 is 0 Å². The monoisotopic (exact) mass is 569 g/mol. The Hall–Kier alpha value is -4.88. The lowest BCUT2D eigenvalue weighted by Gasteiger charge is -2.28. The Morgan fingerprint density at radius 3 is 2.14 bits per heavy atom. The van der Waals surface area contributed by atoms with Crippen molar-refractivity contribution >= 4 is 22.1 Å². The van der Waals surface area contributed by atoms with E-state index < -0.39 is 0 Å². The number of allylic oxidation sites excluding steroid dienone is 6. The van der Waals surface area contributed by atoms with Crippen LogP contribution in [0.5, 0.6) is 0 Å². The number of nitrogens with zero attached hydrogens (tertiary/aromatic N) is 1. The van der Waals surface area contributed by atoms with E-state index in [1.165, 1.54) is 79.5 Å². The number of aryl methyl sites for hydroxylation is 2. The van der Waals surface area contributed by atoms with E-state index in [2.05, 4.69) is 171 Å². The Bertz CT molecular complexity index is 1950. The maximum atomic E-state index is 2.53. The minimum Gasteiger partial charge on any atom is -0.333 e. The van der Waals surface area contributed by atoms with Crippen LogP contribution in [0.25, 0.3) is 33.0 Å².